The smallest absolute Gasteiger partial charge is 0.236 e. The lowest BCUT2D eigenvalue weighted by Crippen LogP contribution is -2.59. The number of carbonyl (C=O) groups is 1. The first-order chi connectivity index (χ1) is 9.58. The molecule has 0 bridgehead atoms. The summed E-state index contributed by atoms with van der Waals surface area (Å²) in [7, 11) is 0. The first kappa shape index (κ1) is 13.7. The van der Waals surface area contributed by atoms with Crippen LogP contribution in [0.4, 0.5) is 0 Å². The molecule has 0 aromatic rings. The molecule has 5 heteroatoms. The fourth-order valence-corrected chi connectivity index (χ4v) is 4.65. The highest BCUT2D eigenvalue weighted by molar-refractivity contribution is 6.07. The quantitative estimate of drug-likeness (QED) is 0.351. The van der Waals surface area contributed by atoms with Gasteiger partial charge < -0.3 is 15.8 Å². The number of nitrogens with zero attached hydrogens (tertiary/aromatic N) is 2. The number of likely N-dealkylation sites (tertiary alicyclic amines) is 1. The van der Waals surface area contributed by atoms with Crippen LogP contribution in [0.2, 0.25) is 0 Å². The van der Waals surface area contributed by atoms with E-state index in [1.54, 1.807) is 0 Å². The Morgan fingerprint density at radius 2 is 2.00 bits per heavy atom. The maximum atomic E-state index is 13.0. The van der Waals surface area contributed by atoms with Crippen molar-refractivity contribution in [2.45, 2.75) is 57.9 Å². The second-order valence-electron chi connectivity index (χ2n) is 6.98. The third-order valence-corrected chi connectivity index (χ3v) is 5.67. The number of amides is 1. The van der Waals surface area contributed by atoms with Gasteiger partial charge in [0.2, 0.25) is 5.91 Å². The summed E-state index contributed by atoms with van der Waals surface area (Å²) in [4.78, 5) is 15.1. The third kappa shape index (κ3) is 1.90. The van der Waals surface area contributed by atoms with Gasteiger partial charge in [-0.2, -0.15) is 0 Å². The number of nitrogens with two attached hydrogens (primary N) is 1. The number of carbonyl (C=O) groups excluding carboxylic acids is 1. The fraction of sp³-hybridized carbons (Fsp3) is 0.867. The molecule has 1 saturated heterocycles. The van der Waals surface area contributed by atoms with Gasteiger partial charge in [-0.3, -0.25) is 4.79 Å². The van der Waals surface area contributed by atoms with E-state index in [0.717, 1.165) is 32.2 Å². The Morgan fingerprint density at radius 1 is 1.30 bits per heavy atom. The van der Waals surface area contributed by atoms with Gasteiger partial charge in [0.05, 0.1) is 0 Å². The van der Waals surface area contributed by atoms with Crippen molar-refractivity contribution in [1.29, 1.82) is 0 Å². The predicted octanol–water partition coefficient (Wildman–Crippen LogP) is 1.94. The largest absolute Gasteiger partial charge is 0.409 e. The number of rotatable bonds is 2. The van der Waals surface area contributed by atoms with Crippen molar-refractivity contribution in [2.24, 2.45) is 28.1 Å². The van der Waals surface area contributed by atoms with Crippen molar-refractivity contribution in [1.82, 2.24) is 4.90 Å². The summed E-state index contributed by atoms with van der Waals surface area (Å²) >= 11 is 0. The normalized spacial score (nSPS) is 41.1. The van der Waals surface area contributed by atoms with E-state index in [1.165, 1.54) is 19.3 Å². The van der Waals surface area contributed by atoms with E-state index in [-0.39, 0.29) is 11.7 Å². The van der Waals surface area contributed by atoms with E-state index in [0.29, 0.717) is 17.9 Å². The Labute approximate surface area is 120 Å². The van der Waals surface area contributed by atoms with Gasteiger partial charge in [0.1, 0.15) is 5.41 Å². The van der Waals surface area contributed by atoms with Gasteiger partial charge in [0, 0.05) is 12.6 Å². The molecule has 20 heavy (non-hydrogen) atoms. The minimum Gasteiger partial charge on any atom is -0.409 e. The van der Waals surface area contributed by atoms with E-state index in [4.69, 9.17) is 10.9 Å². The topological polar surface area (TPSA) is 78.9 Å². The van der Waals surface area contributed by atoms with Crippen LogP contribution in [0.15, 0.2) is 5.16 Å². The van der Waals surface area contributed by atoms with Crippen LogP contribution in [-0.4, -0.2) is 34.4 Å². The summed E-state index contributed by atoms with van der Waals surface area (Å²) in [5.41, 5.74) is 5.14. The zero-order valence-corrected chi connectivity index (χ0v) is 12.2. The molecule has 1 heterocycles. The first-order valence-electron chi connectivity index (χ1n) is 7.87. The van der Waals surface area contributed by atoms with Crippen LogP contribution in [0.25, 0.3) is 0 Å². The summed E-state index contributed by atoms with van der Waals surface area (Å²) < 4.78 is 0. The molecule has 2 atom stereocenters. The summed E-state index contributed by atoms with van der Waals surface area (Å²) in [6.07, 6.45) is 7.45. The van der Waals surface area contributed by atoms with Gasteiger partial charge in [-0.15, -0.1) is 0 Å². The predicted molar refractivity (Wildman–Crippen MR) is 76.3 cm³/mol. The minimum absolute atomic E-state index is 0.111. The third-order valence-electron chi connectivity index (χ3n) is 5.67. The highest BCUT2D eigenvalue weighted by atomic mass is 16.4. The van der Waals surface area contributed by atoms with E-state index in [2.05, 4.69) is 12.1 Å². The summed E-state index contributed by atoms with van der Waals surface area (Å²) in [5.74, 6) is 1.37. The molecular formula is C15H25N3O2. The standard InChI is InChI=1S/C15H25N3O2/c1-10-8-15(9-10,13(16)17-20)14(19)18-7-6-11-4-2-3-5-12(11)18/h10-12,20H,2-9H2,1H3,(H2,16,17). The molecule has 1 aliphatic heterocycles. The van der Waals surface area contributed by atoms with Gasteiger partial charge >= 0.3 is 0 Å². The molecule has 3 N–H and O–H groups in total. The maximum absolute atomic E-state index is 13.0. The SMILES string of the molecule is CC1CC(C(=O)N2CCC3CCCCC32)(C(N)=NO)C1. The van der Waals surface area contributed by atoms with Crippen molar-refractivity contribution in [3.05, 3.63) is 0 Å². The summed E-state index contributed by atoms with van der Waals surface area (Å²) in [5, 5.41) is 12.2. The molecule has 3 rings (SSSR count). The lowest BCUT2D eigenvalue weighted by atomic mass is 9.61. The zero-order valence-electron chi connectivity index (χ0n) is 12.2. The van der Waals surface area contributed by atoms with Gasteiger partial charge in [-0.25, -0.2) is 0 Å². The molecule has 5 nitrogen and oxygen atoms in total. The molecule has 0 aromatic carbocycles. The van der Waals surface area contributed by atoms with E-state index in [9.17, 15) is 4.79 Å². The Morgan fingerprint density at radius 3 is 2.65 bits per heavy atom. The Bertz CT molecular complexity index is 429. The molecule has 3 fully saturated rings. The lowest BCUT2D eigenvalue weighted by Gasteiger charge is -2.47. The van der Waals surface area contributed by atoms with Crippen LogP contribution in [0, 0.1) is 17.3 Å². The second kappa shape index (κ2) is 4.93. The van der Waals surface area contributed by atoms with Gasteiger partial charge in [-0.05, 0) is 43.9 Å². The molecule has 2 unspecified atom stereocenters. The van der Waals surface area contributed by atoms with Crippen LogP contribution in [0.5, 0.6) is 0 Å². The van der Waals surface area contributed by atoms with Crippen LogP contribution >= 0.6 is 0 Å². The highest BCUT2D eigenvalue weighted by Gasteiger charge is 2.55. The molecule has 0 radical (unpaired) electrons. The number of hydrogen-bond donors (Lipinski definition) is 2. The number of oxime groups is 1. The maximum Gasteiger partial charge on any atom is 0.236 e. The molecule has 1 amide bonds. The van der Waals surface area contributed by atoms with Crippen LogP contribution in [0.3, 0.4) is 0 Å². The Kier molecular flexibility index (Phi) is 3.38. The Hall–Kier alpha value is -1.26. The minimum atomic E-state index is -0.722. The first-order valence-corrected chi connectivity index (χ1v) is 7.87. The number of hydrogen-bond acceptors (Lipinski definition) is 3. The monoisotopic (exact) mass is 279 g/mol. The van der Waals surface area contributed by atoms with Crippen LogP contribution in [0.1, 0.15) is 51.9 Å². The average molecular weight is 279 g/mol. The molecule has 3 aliphatic rings. The molecule has 2 saturated carbocycles. The Balaban J connectivity index is 1.80. The molecule has 0 aromatic heterocycles. The zero-order chi connectivity index (χ0) is 14.3. The summed E-state index contributed by atoms with van der Waals surface area (Å²) in [6.45, 7) is 2.96. The molecule has 112 valence electrons. The highest BCUT2D eigenvalue weighted by Crippen LogP contribution is 2.49. The molecule has 0 spiro atoms. The summed E-state index contributed by atoms with van der Waals surface area (Å²) in [6, 6.07) is 0.399. The molecular weight excluding hydrogens is 254 g/mol. The van der Waals surface area contributed by atoms with Gasteiger partial charge in [0.15, 0.2) is 5.84 Å². The average Bonchev–Trinajstić information content (AvgIpc) is 2.86. The van der Waals surface area contributed by atoms with Gasteiger partial charge in [-0.1, -0.05) is 24.9 Å². The van der Waals surface area contributed by atoms with Crippen molar-refractivity contribution in [3.8, 4) is 0 Å². The van der Waals surface area contributed by atoms with Crippen molar-refractivity contribution in [3.63, 3.8) is 0 Å². The van der Waals surface area contributed by atoms with Crippen molar-refractivity contribution >= 4 is 11.7 Å². The van der Waals surface area contributed by atoms with Gasteiger partial charge in [0.25, 0.3) is 0 Å². The second-order valence-corrected chi connectivity index (χ2v) is 6.98. The van der Waals surface area contributed by atoms with Crippen LogP contribution < -0.4 is 5.73 Å². The van der Waals surface area contributed by atoms with E-state index < -0.39 is 5.41 Å². The fourth-order valence-electron chi connectivity index (χ4n) is 4.65. The van der Waals surface area contributed by atoms with Crippen LogP contribution in [-0.2, 0) is 4.79 Å². The molecule has 2 aliphatic carbocycles. The van der Waals surface area contributed by atoms with Crippen molar-refractivity contribution < 1.29 is 10.0 Å². The van der Waals surface area contributed by atoms with Crippen molar-refractivity contribution in [2.75, 3.05) is 6.54 Å². The number of amidine groups is 1. The van der Waals surface area contributed by atoms with E-state index in [1.807, 2.05) is 4.90 Å². The number of fused-ring (bicyclic) bond motifs is 1. The lowest BCUT2D eigenvalue weighted by molar-refractivity contribution is -0.146. The van der Waals surface area contributed by atoms with E-state index >= 15 is 0 Å².